The maximum absolute atomic E-state index is 13.8. The first-order valence-electron chi connectivity index (χ1n) is 5.88. The Morgan fingerprint density at radius 2 is 2.17 bits per heavy atom. The lowest BCUT2D eigenvalue weighted by atomic mass is 10.0. The van der Waals surface area contributed by atoms with Crippen molar-refractivity contribution in [2.24, 2.45) is 0 Å². The molecule has 1 aromatic carbocycles. The van der Waals surface area contributed by atoms with Crippen molar-refractivity contribution in [3.8, 4) is 11.1 Å². The number of hydrogen-bond donors (Lipinski definition) is 1. The number of rotatable bonds is 1. The van der Waals surface area contributed by atoms with Gasteiger partial charge in [-0.3, -0.25) is 4.68 Å². The Kier molecular flexibility index (Phi) is 2.63. The van der Waals surface area contributed by atoms with Crippen molar-refractivity contribution in [1.82, 2.24) is 15.1 Å². The fraction of sp³-hybridized carbons (Fsp3) is 0.308. The molecule has 2 aromatic rings. The topological polar surface area (TPSA) is 29.9 Å². The number of nitrogens with zero attached hydrogens (tertiary/aromatic N) is 2. The molecule has 1 N–H and O–H groups in total. The van der Waals surface area contributed by atoms with Gasteiger partial charge in [0.2, 0.25) is 0 Å². The van der Waals surface area contributed by atoms with Gasteiger partial charge in [0.15, 0.2) is 0 Å². The molecule has 1 aliphatic heterocycles. The minimum Gasteiger partial charge on any atom is -0.307 e. The third kappa shape index (κ3) is 1.80. The van der Waals surface area contributed by atoms with Crippen LogP contribution in [-0.2, 0) is 13.1 Å². The Morgan fingerprint density at radius 3 is 2.94 bits per heavy atom. The summed E-state index contributed by atoms with van der Waals surface area (Å²) < 4.78 is 28.5. The van der Waals surface area contributed by atoms with Crippen LogP contribution in [0.1, 0.15) is 12.6 Å². The first-order chi connectivity index (χ1) is 8.65. The Balaban J connectivity index is 2.08. The third-order valence-corrected chi connectivity index (χ3v) is 3.23. The quantitative estimate of drug-likeness (QED) is 0.840. The van der Waals surface area contributed by atoms with Gasteiger partial charge in [0, 0.05) is 29.8 Å². The maximum Gasteiger partial charge on any atom is 0.134 e. The van der Waals surface area contributed by atoms with E-state index in [0.717, 1.165) is 23.9 Å². The summed E-state index contributed by atoms with van der Waals surface area (Å²) >= 11 is 0. The Labute approximate surface area is 103 Å². The van der Waals surface area contributed by atoms with Crippen LogP contribution in [0.5, 0.6) is 0 Å². The van der Waals surface area contributed by atoms with Gasteiger partial charge in [0.25, 0.3) is 0 Å². The van der Waals surface area contributed by atoms with Crippen molar-refractivity contribution < 1.29 is 8.78 Å². The van der Waals surface area contributed by atoms with E-state index in [1.807, 2.05) is 4.68 Å². The van der Waals surface area contributed by atoms with Gasteiger partial charge in [-0.2, -0.15) is 5.10 Å². The van der Waals surface area contributed by atoms with Gasteiger partial charge in [0.1, 0.15) is 11.6 Å². The minimum absolute atomic E-state index is 0.350. The maximum atomic E-state index is 13.8. The molecule has 0 saturated carbocycles. The van der Waals surface area contributed by atoms with Gasteiger partial charge in [-0.25, -0.2) is 8.78 Å². The zero-order valence-corrected chi connectivity index (χ0v) is 9.95. The summed E-state index contributed by atoms with van der Waals surface area (Å²) in [5, 5.41) is 7.57. The van der Waals surface area contributed by atoms with E-state index in [-0.39, 0.29) is 0 Å². The summed E-state index contributed by atoms with van der Waals surface area (Å²) in [7, 11) is 0. The van der Waals surface area contributed by atoms with Gasteiger partial charge < -0.3 is 5.32 Å². The van der Waals surface area contributed by atoms with Crippen molar-refractivity contribution in [3.63, 3.8) is 0 Å². The Morgan fingerprint density at radius 1 is 1.33 bits per heavy atom. The van der Waals surface area contributed by atoms with E-state index in [2.05, 4.69) is 17.3 Å². The molecule has 5 heteroatoms. The zero-order chi connectivity index (χ0) is 12.7. The van der Waals surface area contributed by atoms with Crippen molar-refractivity contribution in [2.75, 3.05) is 0 Å². The molecule has 1 aliphatic rings. The SMILES string of the molecule is C[C@H]1Cn2ncc(-c3ccc(F)cc3F)c2CN1. The third-order valence-electron chi connectivity index (χ3n) is 3.23. The van der Waals surface area contributed by atoms with E-state index in [0.29, 0.717) is 18.2 Å². The molecule has 0 bridgehead atoms. The first-order valence-corrected chi connectivity index (χ1v) is 5.88. The van der Waals surface area contributed by atoms with Crippen LogP contribution in [0.25, 0.3) is 11.1 Å². The largest absolute Gasteiger partial charge is 0.307 e. The second-order valence-corrected chi connectivity index (χ2v) is 4.59. The lowest BCUT2D eigenvalue weighted by Crippen LogP contribution is -2.36. The summed E-state index contributed by atoms with van der Waals surface area (Å²) in [6.07, 6.45) is 1.64. The van der Waals surface area contributed by atoms with Crippen LogP contribution >= 0.6 is 0 Å². The molecule has 1 aromatic heterocycles. The molecule has 18 heavy (non-hydrogen) atoms. The van der Waals surface area contributed by atoms with Crippen molar-refractivity contribution in [3.05, 3.63) is 41.7 Å². The van der Waals surface area contributed by atoms with Gasteiger partial charge in [-0.15, -0.1) is 0 Å². The Hall–Kier alpha value is -1.75. The van der Waals surface area contributed by atoms with Crippen LogP contribution < -0.4 is 5.32 Å². The molecule has 0 unspecified atom stereocenters. The molecule has 1 atom stereocenters. The molecule has 0 amide bonds. The lowest BCUT2D eigenvalue weighted by molar-refractivity contribution is 0.389. The average Bonchev–Trinajstić information content (AvgIpc) is 2.72. The van der Waals surface area contributed by atoms with Gasteiger partial charge in [-0.05, 0) is 19.1 Å². The number of nitrogens with one attached hydrogen (secondary N) is 1. The normalized spacial score (nSPS) is 18.7. The number of benzene rings is 1. The van der Waals surface area contributed by atoms with E-state index in [1.165, 1.54) is 12.1 Å². The highest BCUT2D eigenvalue weighted by Crippen LogP contribution is 2.28. The van der Waals surface area contributed by atoms with Gasteiger partial charge in [-0.1, -0.05) is 0 Å². The Bertz CT molecular complexity index is 592. The van der Waals surface area contributed by atoms with Crippen LogP contribution in [0.2, 0.25) is 0 Å². The highest BCUT2D eigenvalue weighted by Gasteiger charge is 2.20. The molecule has 0 spiro atoms. The summed E-state index contributed by atoms with van der Waals surface area (Å²) in [5.41, 5.74) is 2.07. The lowest BCUT2D eigenvalue weighted by Gasteiger charge is -2.22. The van der Waals surface area contributed by atoms with E-state index in [9.17, 15) is 8.78 Å². The molecule has 94 valence electrons. The smallest absolute Gasteiger partial charge is 0.134 e. The van der Waals surface area contributed by atoms with E-state index < -0.39 is 11.6 Å². The predicted molar refractivity (Wildman–Crippen MR) is 63.9 cm³/mol. The fourth-order valence-electron chi connectivity index (χ4n) is 2.28. The highest BCUT2D eigenvalue weighted by atomic mass is 19.1. The standard InChI is InChI=1S/C13H13F2N3/c1-8-7-18-13(6-16-8)11(5-17-18)10-3-2-9(14)4-12(10)15/h2-5,8,16H,6-7H2,1H3/t8-/m0/s1. The van der Waals surface area contributed by atoms with Crippen molar-refractivity contribution >= 4 is 0 Å². The molecule has 0 saturated heterocycles. The van der Waals surface area contributed by atoms with E-state index >= 15 is 0 Å². The zero-order valence-electron chi connectivity index (χ0n) is 9.95. The predicted octanol–water partition coefficient (Wildman–Crippen LogP) is 2.32. The van der Waals surface area contributed by atoms with Crippen molar-refractivity contribution in [1.29, 1.82) is 0 Å². The average molecular weight is 249 g/mol. The van der Waals surface area contributed by atoms with E-state index in [4.69, 9.17) is 0 Å². The monoisotopic (exact) mass is 249 g/mol. The summed E-state index contributed by atoms with van der Waals surface area (Å²) in [6, 6.07) is 3.98. The molecular weight excluding hydrogens is 236 g/mol. The highest BCUT2D eigenvalue weighted by molar-refractivity contribution is 5.66. The number of fused-ring (bicyclic) bond motifs is 1. The second-order valence-electron chi connectivity index (χ2n) is 4.59. The fourth-order valence-corrected chi connectivity index (χ4v) is 2.28. The number of halogens is 2. The van der Waals surface area contributed by atoms with Gasteiger partial charge in [0.05, 0.1) is 18.4 Å². The second kappa shape index (κ2) is 4.17. The summed E-state index contributed by atoms with van der Waals surface area (Å²) in [4.78, 5) is 0. The van der Waals surface area contributed by atoms with Crippen LogP contribution in [-0.4, -0.2) is 15.8 Å². The molecule has 0 fully saturated rings. The molecule has 0 radical (unpaired) electrons. The van der Waals surface area contributed by atoms with Crippen LogP contribution in [0, 0.1) is 11.6 Å². The molecule has 0 aliphatic carbocycles. The number of aromatic nitrogens is 2. The molecule has 3 rings (SSSR count). The minimum atomic E-state index is -0.566. The van der Waals surface area contributed by atoms with E-state index in [1.54, 1.807) is 6.20 Å². The summed E-state index contributed by atoms with van der Waals surface area (Å²) in [5.74, 6) is -1.12. The van der Waals surface area contributed by atoms with Gasteiger partial charge >= 0.3 is 0 Å². The van der Waals surface area contributed by atoms with Crippen molar-refractivity contribution in [2.45, 2.75) is 26.1 Å². The van der Waals surface area contributed by atoms with Crippen LogP contribution in [0.4, 0.5) is 8.78 Å². The molecule has 3 nitrogen and oxygen atoms in total. The molecular formula is C13H13F2N3. The number of hydrogen-bond acceptors (Lipinski definition) is 2. The first kappa shape index (κ1) is 11.3. The van der Waals surface area contributed by atoms with Crippen LogP contribution in [0.3, 0.4) is 0 Å². The summed E-state index contributed by atoms with van der Waals surface area (Å²) in [6.45, 7) is 3.48. The molecule has 2 heterocycles. The van der Waals surface area contributed by atoms with Crippen LogP contribution in [0.15, 0.2) is 24.4 Å².